The number of hydrogen-bond acceptors (Lipinski definition) is 3. The highest BCUT2D eigenvalue weighted by Gasteiger charge is 2.06. The van der Waals surface area contributed by atoms with E-state index in [9.17, 15) is 9.90 Å². The van der Waals surface area contributed by atoms with Crippen LogP contribution in [0.5, 0.6) is 5.75 Å². The van der Waals surface area contributed by atoms with Gasteiger partial charge >= 0.3 is 0 Å². The van der Waals surface area contributed by atoms with Gasteiger partial charge < -0.3 is 5.11 Å². The van der Waals surface area contributed by atoms with Crippen molar-refractivity contribution in [3.8, 4) is 5.75 Å². The number of hydrazone groups is 1. The highest BCUT2D eigenvalue weighted by molar-refractivity contribution is 14.1. The predicted octanol–water partition coefficient (Wildman–Crippen LogP) is 4.29. The van der Waals surface area contributed by atoms with Gasteiger partial charge in [-0.3, -0.25) is 4.79 Å². The van der Waals surface area contributed by atoms with Gasteiger partial charge in [0, 0.05) is 9.13 Å². The van der Waals surface area contributed by atoms with Crippen molar-refractivity contribution in [2.24, 2.45) is 5.10 Å². The molecule has 0 atom stereocenters. The third-order valence-electron chi connectivity index (χ3n) is 2.51. The SMILES string of the molecule is O=C(N/N=C/c1cc(Br)c(O)c(Br)c1)c1cccc(I)c1. The molecule has 0 saturated heterocycles. The Kier molecular flexibility index (Phi) is 5.77. The minimum atomic E-state index is -0.276. The standard InChI is InChI=1S/C14H9Br2IN2O2/c15-11-4-8(5-12(16)13(11)20)7-18-19-14(21)9-2-1-3-10(17)6-9/h1-7,20H,(H,19,21)/b18-7+. The molecule has 21 heavy (non-hydrogen) atoms. The Labute approximate surface area is 152 Å². The van der Waals surface area contributed by atoms with E-state index >= 15 is 0 Å². The molecule has 2 rings (SSSR count). The molecule has 0 heterocycles. The van der Waals surface area contributed by atoms with E-state index in [4.69, 9.17) is 0 Å². The molecule has 0 unspecified atom stereocenters. The van der Waals surface area contributed by atoms with Gasteiger partial charge in [0.1, 0.15) is 5.75 Å². The second-order valence-corrected chi connectivity index (χ2v) is 7.00. The van der Waals surface area contributed by atoms with Crippen LogP contribution in [0.3, 0.4) is 0 Å². The van der Waals surface area contributed by atoms with E-state index in [0.29, 0.717) is 14.5 Å². The monoisotopic (exact) mass is 522 g/mol. The molecule has 0 bridgehead atoms. The largest absolute Gasteiger partial charge is 0.506 e. The highest BCUT2D eigenvalue weighted by Crippen LogP contribution is 2.32. The molecule has 108 valence electrons. The van der Waals surface area contributed by atoms with E-state index in [1.54, 1.807) is 24.3 Å². The normalized spacial score (nSPS) is 10.8. The van der Waals surface area contributed by atoms with Crippen LogP contribution in [0.15, 0.2) is 50.4 Å². The molecule has 4 nitrogen and oxygen atoms in total. The number of rotatable bonds is 3. The second-order valence-electron chi connectivity index (χ2n) is 4.04. The summed E-state index contributed by atoms with van der Waals surface area (Å²) in [6.45, 7) is 0. The van der Waals surface area contributed by atoms with E-state index in [1.165, 1.54) is 6.21 Å². The highest BCUT2D eigenvalue weighted by atomic mass is 127. The predicted molar refractivity (Wildman–Crippen MR) is 97.7 cm³/mol. The lowest BCUT2D eigenvalue weighted by Crippen LogP contribution is -2.17. The number of phenols is 1. The molecular weight excluding hydrogens is 515 g/mol. The van der Waals surface area contributed by atoms with Gasteiger partial charge in [0.2, 0.25) is 0 Å². The lowest BCUT2D eigenvalue weighted by atomic mass is 10.2. The lowest BCUT2D eigenvalue weighted by Gasteiger charge is -2.02. The first kappa shape index (κ1) is 16.4. The molecule has 7 heteroatoms. The average molecular weight is 524 g/mol. The number of carbonyl (C=O) groups excluding carboxylic acids is 1. The summed E-state index contributed by atoms with van der Waals surface area (Å²) in [5, 5.41) is 13.5. The van der Waals surface area contributed by atoms with Crippen molar-refractivity contribution in [3.05, 3.63) is 60.0 Å². The van der Waals surface area contributed by atoms with Crippen molar-refractivity contribution < 1.29 is 9.90 Å². The van der Waals surface area contributed by atoms with Crippen LogP contribution in [0.1, 0.15) is 15.9 Å². The van der Waals surface area contributed by atoms with Gasteiger partial charge in [-0.2, -0.15) is 5.10 Å². The molecule has 0 fully saturated rings. The zero-order valence-corrected chi connectivity index (χ0v) is 15.8. The van der Waals surface area contributed by atoms with Crippen molar-refractivity contribution in [2.75, 3.05) is 0 Å². The molecule has 0 aliphatic heterocycles. The summed E-state index contributed by atoms with van der Waals surface area (Å²) in [5.41, 5.74) is 3.74. The van der Waals surface area contributed by atoms with Crippen molar-refractivity contribution >= 4 is 66.6 Å². The minimum absolute atomic E-state index is 0.120. The van der Waals surface area contributed by atoms with Gasteiger partial charge in [0.15, 0.2) is 0 Å². The Morgan fingerprint density at radius 1 is 1.24 bits per heavy atom. The van der Waals surface area contributed by atoms with Gasteiger partial charge in [-0.1, -0.05) is 6.07 Å². The number of phenolic OH excluding ortho intramolecular Hbond substituents is 1. The van der Waals surface area contributed by atoms with Crippen molar-refractivity contribution in [2.45, 2.75) is 0 Å². The van der Waals surface area contributed by atoms with Crippen LogP contribution >= 0.6 is 54.5 Å². The molecule has 0 radical (unpaired) electrons. The summed E-state index contributed by atoms with van der Waals surface area (Å²) in [6.07, 6.45) is 1.50. The Bertz CT molecular complexity index is 697. The fraction of sp³-hybridized carbons (Fsp3) is 0. The Balaban J connectivity index is 2.07. The van der Waals surface area contributed by atoms with Crippen molar-refractivity contribution in [1.82, 2.24) is 5.43 Å². The fourth-order valence-corrected chi connectivity index (χ4v) is 3.28. The summed E-state index contributed by atoms with van der Waals surface area (Å²) in [6, 6.07) is 10.6. The van der Waals surface area contributed by atoms with Crippen LogP contribution < -0.4 is 5.43 Å². The van der Waals surface area contributed by atoms with Crippen LogP contribution in [-0.2, 0) is 0 Å². The van der Waals surface area contributed by atoms with E-state index in [1.807, 2.05) is 12.1 Å². The summed E-state index contributed by atoms with van der Waals surface area (Å²) < 4.78 is 2.07. The van der Waals surface area contributed by atoms with Crippen molar-refractivity contribution in [1.29, 1.82) is 0 Å². The molecule has 0 saturated carbocycles. The maximum absolute atomic E-state index is 11.9. The molecular formula is C14H9Br2IN2O2. The first-order valence-electron chi connectivity index (χ1n) is 5.74. The van der Waals surface area contributed by atoms with Crippen LogP contribution in [-0.4, -0.2) is 17.2 Å². The molecule has 0 aliphatic rings. The maximum atomic E-state index is 11.9. The number of nitrogens with one attached hydrogen (secondary N) is 1. The quantitative estimate of drug-likeness (QED) is 0.358. The zero-order chi connectivity index (χ0) is 15.4. The van der Waals surface area contributed by atoms with Crippen LogP contribution in [0.4, 0.5) is 0 Å². The van der Waals surface area contributed by atoms with Gasteiger partial charge in [0.05, 0.1) is 15.2 Å². The number of nitrogens with zero attached hydrogens (tertiary/aromatic N) is 1. The number of carbonyl (C=O) groups is 1. The fourth-order valence-electron chi connectivity index (χ4n) is 1.52. The third kappa shape index (κ3) is 4.52. The van der Waals surface area contributed by atoms with Crippen LogP contribution in [0, 0.1) is 3.57 Å². The lowest BCUT2D eigenvalue weighted by molar-refractivity contribution is 0.0955. The smallest absolute Gasteiger partial charge is 0.271 e. The molecule has 1 amide bonds. The molecule has 2 aromatic rings. The van der Waals surface area contributed by atoms with E-state index < -0.39 is 0 Å². The van der Waals surface area contributed by atoms with Crippen LogP contribution in [0.2, 0.25) is 0 Å². The Hall–Kier alpha value is -0.930. The number of benzene rings is 2. The zero-order valence-electron chi connectivity index (χ0n) is 10.5. The van der Waals surface area contributed by atoms with E-state index in [0.717, 1.165) is 9.13 Å². The van der Waals surface area contributed by atoms with Gasteiger partial charge in [-0.15, -0.1) is 0 Å². The second kappa shape index (κ2) is 7.37. The number of halogens is 3. The minimum Gasteiger partial charge on any atom is -0.506 e. The van der Waals surface area contributed by atoms with E-state index in [-0.39, 0.29) is 11.7 Å². The molecule has 2 aromatic carbocycles. The molecule has 0 spiro atoms. The average Bonchev–Trinajstić information content (AvgIpc) is 2.44. The van der Waals surface area contributed by atoms with Gasteiger partial charge in [-0.05, 0) is 90.3 Å². The first-order chi connectivity index (χ1) is 9.97. The van der Waals surface area contributed by atoms with Crippen molar-refractivity contribution in [3.63, 3.8) is 0 Å². The van der Waals surface area contributed by atoms with E-state index in [2.05, 4.69) is 65.0 Å². The third-order valence-corrected chi connectivity index (χ3v) is 4.39. The van der Waals surface area contributed by atoms with Crippen LogP contribution in [0.25, 0.3) is 0 Å². The maximum Gasteiger partial charge on any atom is 0.271 e. The van der Waals surface area contributed by atoms with Gasteiger partial charge in [-0.25, -0.2) is 5.43 Å². The summed E-state index contributed by atoms with van der Waals surface area (Å²) in [4.78, 5) is 11.9. The Morgan fingerprint density at radius 3 is 2.52 bits per heavy atom. The summed E-state index contributed by atoms with van der Waals surface area (Å²) >= 11 is 8.61. The number of aromatic hydroxyl groups is 1. The molecule has 0 aliphatic carbocycles. The number of amides is 1. The molecule has 0 aromatic heterocycles. The van der Waals surface area contributed by atoms with Gasteiger partial charge in [0.25, 0.3) is 5.91 Å². The Morgan fingerprint density at radius 2 is 1.90 bits per heavy atom. The topological polar surface area (TPSA) is 61.7 Å². The summed E-state index contributed by atoms with van der Waals surface area (Å²) in [5.74, 6) is -0.156. The first-order valence-corrected chi connectivity index (χ1v) is 8.41. The molecule has 2 N–H and O–H groups in total. The summed E-state index contributed by atoms with van der Waals surface area (Å²) in [7, 11) is 0. The number of hydrogen-bond donors (Lipinski definition) is 2.